The molecule has 1 aromatic carbocycles. The van der Waals surface area contributed by atoms with Gasteiger partial charge in [0.2, 0.25) is 0 Å². The quantitative estimate of drug-likeness (QED) is 0.615. The van der Waals surface area contributed by atoms with Gasteiger partial charge in [-0.05, 0) is 30.3 Å². The van der Waals surface area contributed by atoms with Crippen LogP contribution in [0.15, 0.2) is 34.5 Å². The molecule has 2 heterocycles. The summed E-state index contributed by atoms with van der Waals surface area (Å²) in [5, 5.41) is 2.28. The average Bonchev–Trinajstić information content (AvgIpc) is 3.19. The third-order valence-corrected chi connectivity index (χ3v) is 7.83. The highest BCUT2D eigenvalue weighted by atomic mass is 35.5. The maximum atomic E-state index is 13.1. The van der Waals surface area contributed by atoms with Crippen molar-refractivity contribution in [3.63, 3.8) is 0 Å². The molecule has 1 amide bonds. The van der Waals surface area contributed by atoms with E-state index in [-0.39, 0.29) is 34.4 Å². The molecule has 1 aromatic heterocycles. The number of morpholine rings is 1. The smallest absolute Gasteiger partial charge is 0.311 e. The van der Waals surface area contributed by atoms with E-state index in [9.17, 15) is 22.4 Å². The fraction of sp³-hybridized carbons (Fsp3) is 0.333. The summed E-state index contributed by atoms with van der Waals surface area (Å²) >= 11 is 6.62. The summed E-state index contributed by atoms with van der Waals surface area (Å²) in [6, 6.07) is 6.65. The van der Waals surface area contributed by atoms with Crippen LogP contribution in [-0.4, -0.2) is 57.5 Å². The number of sulfonamides is 1. The first-order valence-corrected chi connectivity index (χ1v) is 11.5. The van der Waals surface area contributed by atoms with E-state index in [0.29, 0.717) is 18.1 Å². The van der Waals surface area contributed by atoms with Crippen LogP contribution in [0.4, 0.5) is 10.1 Å². The van der Waals surface area contributed by atoms with Crippen LogP contribution in [0.2, 0.25) is 5.02 Å². The van der Waals surface area contributed by atoms with Crippen molar-refractivity contribution >= 4 is 50.5 Å². The van der Waals surface area contributed by atoms with E-state index >= 15 is 0 Å². The van der Waals surface area contributed by atoms with E-state index in [0.717, 1.165) is 17.4 Å². The minimum absolute atomic E-state index is 0.137. The topological polar surface area (TPSA) is 102 Å². The van der Waals surface area contributed by atoms with Gasteiger partial charge in [0.15, 0.2) is 6.61 Å². The fourth-order valence-electron chi connectivity index (χ4n) is 2.62. The Morgan fingerprint density at radius 3 is 2.67 bits per heavy atom. The van der Waals surface area contributed by atoms with Crippen molar-refractivity contribution in [1.82, 2.24) is 4.31 Å². The van der Waals surface area contributed by atoms with Crippen molar-refractivity contribution < 1.29 is 31.9 Å². The first-order chi connectivity index (χ1) is 14.3. The number of hydrogen-bond acceptors (Lipinski definition) is 7. The highest BCUT2D eigenvalue weighted by molar-refractivity contribution is 7.91. The first-order valence-electron chi connectivity index (χ1n) is 8.83. The van der Waals surface area contributed by atoms with Crippen LogP contribution in [0.25, 0.3) is 0 Å². The van der Waals surface area contributed by atoms with Gasteiger partial charge in [0.25, 0.3) is 15.9 Å². The van der Waals surface area contributed by atoms with Crippen LogP contribution in [0.3, 0.4) is 0 Å². The molecule has 1 fully saturated rings. The van der Waals surface area contributed by atoms with Crippen molar-refractivity contribution in [2.75, 3.05) is 38.2 Å². The highest BCUT2D eigenvalue weighted by Gasteiger charge is 2.28. The summed E-state index contributed by atoms with van der Waals surface area (Å²) in [5.41, 5.74) is 0.263. The number of carbonyl (C=O) groups is 2. The molecule has 0 unspecified atom stereocenters. The molecule has 0 saturated carbocycles. The zero-order chi connectivity index (χ0) is 21.7. The number of carbonyl (C=O) groups excluding carboxylic acids is 2. The lowest BCUT2D eigenvalue weighted by Gasteiger charge is -2.25. The minimum atomic E-state index is -3.63. The molecule has 0 atom stereocenters. The molecule has 1 saturated heterocycles. The van der Waals surface area contributed by atoms with Crippen LogP contribution >= 0.6 is 22.9 Å². The van der Waals surface area contributed by atoms with Crippen LogP contribution in [0.5, 0.6) is 0 Å². The highest BCUT2D eigenvalue weighted by Crippen LogP contribution is 2.26. The fourth-order valence-corrected chi connectivity index (χ4v) is 5.70. The standard InChI is InChI=1S/C18H18ClFN2O6S2/c19-14-9-12(1-3-15(14)20)21-16(23)11-28-17(24)10-13-2-4-18(29-13)30(25,26)22-5-7-27-8-6-22/h1-4,9H,5-8,10-11H2,(H,21,23). The molecule has 30 heavy (non-hydrogen) atoms. The Hall–Kier alpha value is -2.05. The number of anilines is 1. The van der Waals surface area contributed by atoms with E-state index in [2.05, 4.69) is 5.32 Å². The second kappa shape index (κ2) is 9.84. The van der Waals surface area contributed by atoms with Crippen LogP contribution in [0, 0.1) is 5.82 Å². The third kappa shape index (κ3) is 5.76. The van der Waals surface area contributed by atoms with Gasteiger partial charge in [-0.2, -0.15) is 4.31 Å². The largest absolute Gasteiger partial charge is 0.455 e. The Labute approximate surface area is 181 Å². The molecule has 0 radical (unpaired) electrons. The molecule has 0 spiro atoms. The maximum Gasteiger partial charge on any atom is 0.311 e. The molecule has 1 aliphatic heterocycles. The van der Waals surface area contributed by atoms with Crippen LogP contribution in [-0.2, 0) is 35.5 Å². The van der Waals surface area contributed by atoms with Crippen molar-refractivity contribution in [1.29, 1.82) is 0 Å². The number of hydrogen-bond donors (Lipinski definition) is 1. The number of nitrogens with zero attached hydrogens (tertiary/aromatic N) is 1. The van der Waals surface area contributed by atoms with Crippen molar-refractivity contribution in [3.05, 3.63) is 46.0 Å². The molecule has 0 aliphatic carbocycles. The van der Waals surface area contributed by atoms with Crippen molar-refractivity contribution in [2.45, 2.75) is 10.6 Å². The van der Waals surface area contributed by atoms with Gasteiger partial charge >= 0.3 is 5.97 Å². The number of ether oxygens (including phenoxy) is 2. The molecule has 162 valence electrons. The van der Waals surface area contributed by atoms with Gasteiger partial charge in [0.05, 0.1) is 24.7 Å². The van der Waals surface area contributed by atoms with E-state index in [1.165, 1.54) is 22.5 Å². The summed E-state index contributed by atoms with van der Waals surface area (Å²) < 4.78 is 49.9. The lowest BCUT2D eigenvalue weighted by Crippen LogP contribution is -2.40. The molecule has 12 heteroatoms. The number of rotatable bonds is 7. The second-order valence-electron chi connectivity index (χ2n) is 6.25. The minimum Gasteiger partial charge on any atom is -0.455 e. The van der Waals surface area contributed by atoms with E-state index < -0.39 is 34.3 Å². The Kier molecular flexibility index (Phi) is 7.42. The molecule has 2 aromatic rings. The maximum absolute atomic E-state index is 13.1. The SMILES string of the molecule is O=C(COC(=O)Cc1ccc(S(=O)(=O)N2CCOCC2)s1)Nc1ccc(F)c(Cl)c1. The molecule has 8 nitrogen and oxygen atoms in total. The Balaban J connectivity index is 1.50. The van der Waals surface area contributed by atoms with Crippen LogP contribution < -0.4 is 5.32 Å². The molecule has 0 bridgehead atoms. The first kappa shape index (κ1) is 22.6. The number of esters is 1. The molecular formula is C18H18ClFN2O6S2. The summed E-state index contributed by atoms with van der Waals surface area (Å²) in [6.07, 6.45) is -0.168. The summed E-state index contributed by atoms with van der Waals surface area (Å²) in [5.74, 6) is -1.92. The number of amides is 1. The van der Waals surface area contributed by atoms with Crippen molar-refractivity contribution in [3.8, 4) is 0 Å². The van der Waals surface area contributed by atoms with Gasteiger partial charge < -0.3 is 14.8 Å². The number of nitrogens with one attached hydrogen (secondary N) is 1. The summed E-state index contributed by atoms with van der Waals surface area (Å²) in [4.78, 5) is 24.3. The van der Waals surface area contributed by atoms with Gasteiger partial charge in [-0.3, -0.25) is 9.59 Å². The Morgan fingerprint density at radius 1 is 1.23 bits per heavy atom. The average molecular weight is 477 g/mol. The molecule has 1 aliphatic rings. The summed E-state index contributed by atoms with van der Waals surface area (Å²) in [6.45, 7) is 0.710. The molecule has 1 N–H and O–H groups in total. The lowest BCUT2D eigenvalue weighted by molar-refractivity contribution is -0.146. The lowest BCUT2D eigenvalue weighted by atomic mass is 10.3. The zero-order valence-electron chi connectivity index (χ0n) is 15.6. The molecular weight excluding hydrogens is 459 g/mol. The van der Waals surface area contributed by atoms with E-state index in [4.69, 9.17) is 21.1 Å². The zero-order valence-corrected chi connectivity index (χ0v) is 18.0. The number of benzene rings is 1. The normalized spacial score (nSPS) is 15.0. The second-order valence-corrected chi connectivity index (χ2v) is 9.99. The third-order valence-electron chi connectivity index (χ3n) is 4.09. The Bertz CT molecular complexity index is 1040. The van der Waals surface area contributed by atoms with Crippen LogP contribution in [0.1, 0.15) is 4.88 Å². The van der Waals surface area contributed by atoms with Gasteiger partial charge in [0, 0.05) is 23.7 Å². The van der Waals surface area contributed by atoms with Gasteiger partial charge in [0.1, 0.15) is 10.0 Å². The monoisotopic (exact) mass is 476 g/mol. The van der Waals surface area contributed by atoms with E-state index in [1.807, 2.05) is 0 Å². The predicted octanol–water partition coefficient (Wildman–Crippen LogP) is 2.29. The summed E-state index contributed by atoms with van der Waals surface area (Å²) in [7, 11) is -3.63. The van der Waals surface area contributed by atoms with E-state index in [1.54, 1.807) is 6.07 Å². The van der Waals surface area contributed by atoms with Gasteiger partial charge in [-0.1, -0.05) is 11.6 Å². The predicted molar refractivity (Wildman–Crippen MR) is 109 cm³/mol. The number of halogens is 2. The number of thiophene rings is 1. The molecule has 3 rings (SSSR count). The van der Waals surface area contributed by atoms with Gasteiger partial charge in [-0.15, -0.1) is 11.3 Å². The van der Waals surface area contributed by atoms with Gasteiger partial charge in [-0.25, -0.2) is 12.8 Å². The Morgan fingerprint density at radius 2 is 1.97 bits per heavy atom. The van der Waals surface area contributed by atoms with Crippen molar-refractivity contribution in [2.24, 2.45) is 0 Å².